The van der Waals surface area contributed by atoms with Crippen LogP contribution < -0.4 is 4.74 Å². The molecule has 18 heavy (non-hydrogen) atoms. The van der Waals surface area contributed by atoms with Crippen molar-refractivity contribution in [2.45, 2.75) is 30.7 Å². The lowest BCUT2D eigenvalue weighted by Crippen LogP contribution is -2.60. The summed E-state index contributed by atoms with van der Waals surface area (Å²) in [5, 5.41) is 38.1. The summed E-state index contributed by atoms with van der Waals surface area (Å²) >= 11 is 0. The Balaban J connectivity index is 2.08. The first-order chi connectivity index (χ1) is 8.63. The van der Waals surface area contributed by atoms with Crippen molar-refractivity contribution in [3.63, 3.8) is 0 Å². The third kappa shape index (κ3) is 2.63. The SMILES string of the molecule is OC[C@H]1OC(O)[C@H](Oc2ccccc2)[C@@H](O)[C@@H]1O. The van der Waals surface area contributed by atoms with Gasteiger partial charge in [0.1, 0.15) is 24.1 Å². The van der Waals surface area contributed by atoms with E-state index in [9.17, 15) is 15.3 Å². The Morgan fingerprint density at radius 1 is 1.06 bits per heavy atom. The largest absolute Gasteiger partial charge is 0.482 e. The van der Waals surface area contributed by atoms with Gasteiger partial charge in [-0.25, -0.2) is 0 Å². The molecule has 100 valence electrons. The van der Waals surface area contributed by atoms with Crippen LogP contribution in [0.3, 0.4) is 0 Å². The van der Waals surface area contributed by atoms with Crippen molar-refractivity contribution >= 4 is 0 Å². The molecule has 1 fully saturated rings. The van der Waals surface area contributed by atoms with Crippen molar-refractivity contribution in [3.05, 3.63) is 30.3 Å². The highest BCUT2D eigenvalue weighted by Gasteiger charge is 2.45. The topological polar surface area (TPSA) is 99.4 Å². The molecule has 6 nitrogen and oxygen atoms in total. The highest BCUT2D eigenvalue weighted by atomic mass is 16.7. The molecule has 1 saturated heterocycles. The van der Waals surface area contributed by atoms with Crippen LogP contribution in [0.1, 0.15) is 0 Å². The van der Waals surface area contributed by atoms with E-state index in [1.807, 2.05) is 0 Å². The molecule has 0 aromatic heterocycles. The van der Waals surface area contributed by atoms with Gasteiger partial charge in [-0.2, -0.15) is 0 Å². The van der Waals surface area contributed by atoms with Gasteiger partial charge in [0.15, 0.2) is 12.4 Å². The zero-order chi connectivity index (χ0) is 13.1. The summed E-state index contributed by atoms with van der Waals surface area (Å²) in [5.74, 6) is 0.443. The number of aliphatic hydroxyl groups is 4. The Labute approximate surface area is 104 Å². The average molecular weight is 256 g/mol. The first kappa shape index (κ1) is 13.3. The van der Waals surface area contributed by atoms with Crippen LogP contribution in [0, 0.1) is 0 Å². The predicted molar refractivity (Wildman–Crippen MR) is 60.8 cm³/mol. The molecule has 0 amide bonds. The molecule has 0 spiro atoms. The first-order valence-electron chi connectivity index (χ1n) is 5.65. The average Bonchev–Trinajstić information content (AvgIpc) is 2.40. The Hall–Kier alpha value is -1.18. The number of hydrogen-bond acceptors (Lipinski definition) is 6. The maximum atomic E-state index is 9.84. The highest BCUT2D eigenvalue weighted by molar-refractivity contribution is 5.21. The Morgan fingerprint density at radius 2 is 1.72 bits per heavy atom. The summed E-state index contributed by atoms with van der Waals surface area (Å²) in [6, 6.07) is 8.59. The third-order valence-electron chi connectivity index (χ3n) is 2.86. The molecular weight excluding hydrogens is 240 g/mol. The molecule has 5 atom stereocenters. The molecule has 6 heteroatoms. The van der Waals surface area contributed by atoms with E-state index < -0.39 is 37.3 Å². The zero-order valence-corrected chi connectivity index (χ0v) is 9.59. The van der Waals surface area contributed by atoms with E-state index in [1.54, 1.807) is 30.3 Å². The van der Waals surface area contributed by atoms with Crippen LogP contribution in [0.25, 0.3) is 0 Å². The molecule has 0 saturated carbocycles. The first-order valence-corrected chi connectivity index (χ1v) is 5.65. The van der Waals surface area contributed by atoms with Gasteiger partial charge in [0.05, 0.1) is 6.61 Å². The van der Waals surface area contributed by atoms with Crippen LogP contribution >= 0.6 is 0 Å². The lowest BCUT2D eigenvalue weighted by molar-refractivity contribution is -0.280. The van der Waals surface area contributed by atoms with Gasteiger partial charge in [-0.05, 0) is 12.1 Å². The Morgan fingerprint density at radius 3 is 2.33 bits per heavy atom. The second kappa shape index (κ2) is 5.64. The molecule has 0 bridgehead atoms. The van der Waals surface area contributed by atoms with Crippen molar-refractivity contribution in [2.24, 2.45) is 0 Å². The lowest BCUT2D eigenvalue weighted by atomic mass is 9.99. The minimum Gasteiger partial charge on any atom is -0.482 e. The van der Waals surface area contributed by atoms with E-state index in [2.05, 4.69) is 0 Å². The summed E-state index contributed by atoms with van der Waals surface area (Å²) in [6.45, 7) is -0.493. The molecule has 1 aliphatic rings. The van der Waals surface area contributed by atoms with Crippen LogP contribution in [-0.4, -0.2) is 57.7 Å². The van der Waals surface area contributed by atoms with E-state index in [0.29, 0.717) is 5.75 Å². The predicted octanol–water partition coefficient (Wildman–Crippen LogP) is -1.13. The molecule has 1 aromatic carbocycles. The molecule has 1 aromatic rings. The van der Waals surface area contributed by atoms with Crippen molar-refractivity contribution in [2.75, 3.05) is 6.61 Å². The maximum absolute atomic E-state index is 9.84. The molecule has 1 unspecified atom stereocenters. The summed E-state index contributed by atoms with van der Waals surface area (Å²) < 4.78 is 10.3. The smallest absolute Gasteiger partial charge is 0.195 e. The lowest BCUT2D eigenvalue weighted by Gasteiger charge is -2.39. The minimum atomic E-state index is -1.42. The number of para-hydroxylation sites is 1. The molecule has 2 rings (SSSR count). The van der Waals surface area contributed by atoms with Gasteiger partial charge in [-0.15, -0.1) is 0 Å². The molecular formula is C12H16O6. The van der Waals surface area contributed by atoms with Crippen molar-refractivity contribution in [1.29, 1.82) is 0 Å². The molecule has 0 aliphatic carbocycles. The summed E-state index contributed by atoms with van der Waals surface area (Å²) in [5.41, 5.74) is 0. The highest BCUT2D eigenvalue weighted by Crippen LogP contribution is 2.24. The number of rotatable bonds is 3. The normalized spacial score (nSPS) is 36.3. The van der Waals surface area contributed by atoms with Gasteiger partial charge < -0.3 is 29.9 Å². The standard InChI is InChI=1S/C12H16O6/c13-6-8-9(14)10(15)11(12(16)18-8)17-7-4-2-1-3-5-7/h1-5,8-16H,6H2/t8-,9-,10+,11-,12?/m1/s1. The van der Waals surface area contributed by atoms with Crippen LogP contribution in [-0.2, 0) is 4.74 Å². The van der Waals surface area contributed by atoms with Gasteiger partial charge >= 0.3 is 0 Å². The fourth-order valence-electron chi connectivity index (χ4n) is 1.86. The van der Waals surface area contributed by atoms with Crippen LogP contribution in [0.15, 0.2) is 30.3 Å². The molecule has 1 aliphatic heterocycles. The van der Waals surface area contributed by atoms with Gasteiger partial charge in [0.2, 0.25) is 0 Å². The van der Waals surface area contributed by atoms with Crippen LogP contribution in [0.5, 0.6) is 5.75 Å². The molecule has 0 radical (unpaired) electrons. The Kier molecular flexibility index (Phi) is 4.15. The summed E-state index contributed by atoms with van der Waals surface area (Å²) in [4.78, 5) is 0. The van der Waals surface area contributed by atoms with Crippen molar-refractivity contribution in [3.8, 4) is 5.75 Å². The third-order valence-corrected chi connectivity index (χ3v) is 2.86. The maximum Gasteiger partial charge on any atom is 0.195 e. The van der Waals surface area contributed by atoms with Crippen LogP contribution in [0.4, 0.5) is 0 Å². The zero-order valence-electron chi connectivity index (χ0n) is 9.59. The van der Waals surface area contributed by atoms with E-state index in [4.69, 9.17) is 14.6 Å². The van der Waals surface area contributed by atoms with Gasteiger partial charge in [-0.3, -0.25) is 0 Å². The number of aliphatic hydroxyl groups excluding tert-OH is 4. The Bertz CT molecular complexity index is 370. The monoisotopic (exact) mass is 256 g/mol. The van der Waals surface area contributed by atoms with Gasteiger partial charge in [0, 0.05) is 0 Å². The summed E-state index contributed by atoms with van der Waals surface area (Å²) in [7, 11) is 0. The van der Waals surface area contributed by atoms with Crippen molar-refractivity contribution < 1.29 is 29.9 Å². The second-order valence-corrected chi connectivity index (χ2v) is 4.12. The molecule has 1 heterocycles. The van der Waals surface area contributed by atoms with E-state index in [0.717, 1.165) is 0 Å². The molecule has 4 N–H and O–H groups in total. The van der Waals surface area contributed by atoms with Gasteiger partial charge in [-0.1, -0.05) is 18.2 Å². The van der Waals surface area contributed by atoms with Crippen LogP contribution in [0.2, 0.25) is 0 Å². The fraction of sp³-hybridized carbons (Fsp3) is 0.500. The fourth-order valence-corrected chi connectivity index (χ4v) is 1.86. The van der Waals surface area contributed by atoms with E-state index in [1.165, 1.54) is 0 Å². The van der Waals surface area contributed by atoms with E-state index >= 15 is 0 Å². The van der Waals surface area contributed by atoms with Crippen molar-refractivity contribution in [1.82, 2.24) is 0 Å². The second-order valence-electron chi connectivity index (χ2n) is 4.12. The summed E-state index contributed by atoms with van der Waals surface area (Å²) in [6.07, 6.45) is -6.20. The number of benzene rings is 1. The van der Waals surface area contributed by atoms with E-state index in [-0.39, 0.29) is 0 Å². The number of ether oxygens (including phenoxy) is 2. The minimum absolute atomic E-state index is 0.443. The van der Waals surface area contributed by atoms with Gasteiger partial charge in [0.25, 0.3) is 0 Å². The number of hydrogen-bond donors (Lipinski definition) is 4. The quantitative estimate of drug-likeness (QED) is 0.546.